The van der Waals surface area contributed by atoms with Gasteiger partial charge in [0, 0.05) is 6.54 Å². The van der Waals surface area contributed by atoms with Crippen LogP contribution in [0.1, 0.15) is 29.6 Å². The maximum Gasteiger partial charge on any atom is 0.337 e. The van der Waals surface area contributed by atoms with E-state index in [0.717, 1.165) is 31.0 Å². The Labute approximate surface area is 121 Å². The number of nitrogens with zero attached hydrogens (tertiary/aromatic N) is 1. The zero-order chi connectivity index (χ0) is 15.4. The molecule has 0 aliphatic carbocycles. The number of nitrogens with one attached hydrogen (secondary N) is 1. The molecule has 1 atom stereocenters. The molecule has 1 unspecified atom stereocenters. The Balaban J connectivity index is 2.18. The number of carboxylic acids is 1. The van der Waals surface area contributed by atoms with Gasteiger partial charge >= 0.3 is 12.0 Å². The maximum atomic E-state index is 13.2. The molecule has 1 fully saturated rings. The minimum Gasteiger partial charge on any atom is -0.478 e. The van der Waals surface area contributed by atoms with Gasteiger partial charge in [-0.2, -0.15) is 0 Å². The molecule has 6 nitrogen and oxygen atoms in total. The van der Waals surface area contributed by atoms with Crippen molar-refractivity contribution in [3.8, 4) is 0 Å². The number of benzene rings is 1. The van der Waals surface area contributed by atoms with E-state index in [4.69, 9.17) is 5.11 Å². The van der Waals surface area contributed by atoms with Crippen LogP contribution >= 0.6 is 0 Å². The van der Waals surface area contributed by atoms with Crippen molar-refractivity contribution in [2.75, 3.05) is 18.5 Å². The molecule has 1 saturated heterocycles. The lowest BCUT2D eigenvalue weighted by Gasteiger charge is -2.34. The van der Waals surface area contributed by atoms with Crippen LogP contribution in [0.15, 0.2) is 18.2 Å². The number of aliphatic hydroxyl groups is 1. The van der Waals surface area contributed by atoms with Gasteiger partial charge in [-0.15, -0.1) is 0 Å². The second-order valence-corrected chi connectivity index (χ2v) is 4.95. The Hall–Kier alpha value is -2.15. The van der Waals surface area contributed by atoms with Crippen molar-refractivity contribution in [3.05, 3.63) is 29.6 Å². The average molecular weight is 296 g/mol. The van der Waals surface area contributed by atoms with E-state index in [2.05, 4.69) is 5.32 Å². The number of carbonyl (C=O) groups excluding carboxylic acids is 1. The predicted octanol–water partition coefficient (Wildman–Crippen LogP) is 1.90. The molecule has 3 N–H and O–H groups in total. The molecule has 0 spiro atoms. The molecule has 21 heavy (non-hydrogen) atoms. The molecule has 0 aromatic heterocycles. The van der Waals surface area contributed by atoms with Gasteiger partial charge in [0.15, 0.2) is 0 Å². The van der Waals surface area contributed by atoms with E-state index in [-0.39, 0.29) is 23.9 Å². The fourth-order valence-electron chi connectivity index (χ4n) is 2.45. The molecule has 2 amide bonds. The first-order valence-corrected chi connectivity index (χ1v) is 6.74. The minimum absolute atomic E-state index is 0.0882. The van der Waals surface area contributed by atoms with Crippen LogP contribution in [0.3, 0.4) is 0 Å². The summed E-state index contributed by atoms with van der Waals surface area (Å²) in [6.07, 6.45) is 2.44. The molecule has 0 bridgehead atoms. The lowest BCUT2D eigenvalue weighted by atomic mass is 10.0. The third kappa shape index (κ3) is 3.49. The van der Waals surface area contributed by atoms with Gasteiger partial charge in [0.1, 0.15) is 5.82 Å². The summed E-state index contributed by atoms with van der Waals surface area (Å²) >= 11 is 0. The number of aromatic carboxylic acids is 1. The summed E-state index contributed by atoms with van der Waals surface area (Å²) < 4.78 is 13.2. The third-order valence-corrected chi connectivity index (χ3v) is 3.55. The predicted molar refractivity (Wildman–Crippen MR) is 73.8 cm³/mol. The Morgan fingerprint density at radius 2 is 2.14 bits per heavy atom. The summed E-state index contributed by atoms with van der Waals surface area (Å²) in [7, 11) is 0. The van der Waals surface area contributed by atoms with Crippen LogP contribution in [-0.2, 0) is 0 Å². The van der Waals surface area contributed by atoms with Crippen molar-refractivity contribution in [1.82, 2.24) is 4.90 Å². The molecule has 1 aliphatic heterocycles. The normalized spacial score (nSPS) is 18.4. The Morgan fingerprint density at radius 1 is 1.38 bits per heavy atom. The molecule has 0 radical (unpaired) electrons. The van der Waals surface area contributed by atoms with E-state index in [9.17, 15) is 19.1 Å². The largest absolute Gasteiger partial charge is 0.478 e. The second kappa shape index (κ2) is 6.53. The molecule has 7 heteroatoms. The number of carboxylic acid groups (broad SMARTS) is 1. The number of halogens is 1. The molecular formula is C14H17FN2O4. The quantitative estimate of drug-likeness (QED) is 0.794. The zero-order valence-electron chi connectivity index (χ0n) is 11.4. The van der Waals surface area contributed by atoms with Crippen LogP contribution in [0.5, 0.6) is 0 Å². The lowest BCUT2D eigenvalue weighted by Crippen LogP contribution is -2.47. The van der Waals surface area contributed by atoms with Gasteiger partial charge in [-0.25, -0.2) is 14.0 Å². The molecular weight excluding hydrogens is 279 g/mol. The highest BCUT2D eigenvalue weighted by Crippen LogP contribution is 2.21. The van der Waals surface area contributed by atoms with Crippen molar-refractivity contribution in [2.45, 2.75) is 25.3 Å². The van der Waals surface area contributed by atoms with Crippen LogP contribution in [0.2, 0.25) is 0 Å². The Kier molecular flexibility index (Phi) is 4.74. The van der Waals surface area contributed by atoms with Gasteiger partial charge in [-0.3, -0.25) is 0 Å². The van der Waals surface area contributed by atoms with Gasteiger partial charge in [0.2, 0.25) is 0 Å². The van der Waals surface area contributed by atoms with E-state index < -0.39 is 17.8 Å². The highest BCUT2D eigenvalue weighted by atomic mass is 19.1. The topological polar surface area (TPSA) is 89.9 Å². The number of rotatable bonds is 3. The number of amides is 2. The van der Waals surface area contributed by atoms with Gasteiger partial charge < -0.3 is 20.4 Å². The van der Waals surface area contributed by atoms with Crippen molar-refractivity contribution in [3.63, 3.8) is 0 Å². The number of piperidine rings is 1. The lowest BCUT2D eigenvalue weighted by molar-refractivity contribution is 0.0698. The fraction of sp³-hybridized carbons (Fsp3) is 0.429. The zero-order valence-corrected chi connectivity index (χ0v) is 11.4. The molecule has 1 aromatic carbocycles. The smallest absolute Gasteiger partial charge is 0.337 e. The average Bonchev–Trinajstić information content (AvgIpc) is 2.46. The Morgan fingerprint density at radius 3 is 2.81 bits per heavy atom. The van der Waals surface area contributed by atoms with E-state index in [1.807, 2.05) is 0 Å². The first kappa shape index (κ1) is 15.2. The van der Waals surface area contributed by atoms with Crippen LogP contribution < -0.4 is 5.32 Å². The minimum atomic E-state index is -1.25. The first-order chi connectivity index (χ1) is 10.0. The highest BCUT2D eigenvalue weighted by molar-refractivity contribution is 6.00. The number of carbonyl (C=O) groups is 2. The van der Waals surface area contributed by atoms with Crippen LogP contribution in [0.4, 0.5) is 14.9 Å². The standard InChI is InChI=1S/C14H17FN2O4/c15-9-4-5-11(13(19)20)12(7-9)16-14(21)17-6-2-1-3-10(17)8-18/h4-5,7,10,18H,1-3,6,8H2,(H,16,21)(H,19,20). The number of likely N-dealkylation sites (tertiary alicyclic amines) is 1. The summed E-state index contributed by atoms with van der Waals surface area (Å²) in [6.45, 7) is 0.330. The molecule has 0 saturated carbocycles. The van der Waals surface area contributed by atoms with E-state index >= 15 is 0 Å². The summed E-state index contributed by atoms with van der Waals surface area (Å²) in [5.74, 6) is -1.88. The van der Waals surface area contributed by atoms with Crippen LogP contribution in [0, 0.1) is 5.82 Å². The maximum absolute atomic E-state index is 13.2. The number of urea groups is 1. The van der Waals surface area contributed by atoms with E-state index in [1.54, 1.807) is 0 Å². The molecule has 1 aromatic rings. The van der Waals surface area contributed by atoms with Crippen molar-refractivity contribution < 1.29 is 24.2 Å². The summed E-state index contributed by atoms with van der Waals surface area (Å²) in [5, 5.41) is 20.8. The van der Waals surface area contributed by atoms with Crippen LogP contribution in [0.25, 0.3) is 0 Å². The molecule has 2 rings (SSSR count). The highest BCUT2D eigenvalue weighted by Gasteiger charge is 2.27. The number of anilines is 1. The first-order valence-electron chi connectivity index (χ1n) is 6.74. The number of hydrogen-bond donors (Lipinski definition) is 3. The summed E-state index contributed by atoms with van der Waals surface area (Å²) in [6, 6.07) is 2.28. The van der Waals surface area contributed by atoms with E-state index in [0.29, 0.717) is 13.0 Å². The van der Waals surface area contributed by atoms with Crippen LogP contribution in [-0.4, -0.2) is 46.3 Å². The van der Waals surface area contributed by atoms with Gasteiger partial charge in [0.05, 0.1) is 23.9 Å². The van der Waals surface area contributed by atoms with Crippen molar-refractivity contribution in [2.24, 2.45) is 0 Å². The van der Waals surface area contributed by atoms with Gasteiger partial charge in [-0.1, -0.05) is 0 Å². The second-order valence-electron chi connectivity index (χ2n) is 4.95. The third-order valence-electron chi connectivity index (χ3n) is 3.55. The Bertz CT molecular complexity index is 550. The summed E-state index contributed by atoms with van der Waals surface area (Å²) in [4.78, 5) is 24.8. The monoisotopic (exact) mass is 296 g/mol. The van der Waals surface area contributed by atoms with Crippen molar-refractivity contribution >= 4 is 17.7 Å². The SMILES string of the molecule is O=C(O)c1ccc(F)cc1NC(=O)N1CCCCC1CO. The molecule has 114 valence electrons. The van der Waals surface area contributed by atoms with Gasteiger partial charge in [-0.05, 0) is 37.5 Å². The summed E-state index contributed by atoms with van der Waals surface area (Å²) in [5.41, 5.74) is -0.267. The fourth-order valence-corrected chi connectivity index (χ4v) is 2.45. The van der Waals surface area contributed by atoms with E-state index in [1.165, 1.54) is 4.90 Å². The number of hydrogen-bond acceptors (Lipinski definition) is 3. The van der Waals surface area contributed by atoms with Crippen molar-refractivity contribution in [1.29, 1.82) is 0 Å². The molecule has 1 aliphatic rings. The van der Waals surface area contributed by atoms with Gasteiger partial charge in [0.25, 0.3) is 0 Å². The number of aliphatic hydroxyl groups excluding tert-OH is 1. The molecule has 1 heterocycles.